The lowest BCUT2D eigenvalue weighted by molar-refractivity contribution is -0.138. The van der Waals surface area contributed by atoms with E-state index in [1.807, 2.05) is 0 Å². The second kappa shape index (κ2) is 6.48. The van der Waals surface area contributed by atoms with Crippen LogP contribution in [0.1, 0.15) is 28.4 Å². The zero-order valence-corrected chi connectivity index (χ0v) is 11.6. The van der Waals surface area contributed by atoms with E-state index in [4.69, 9.17) is 5.26 Å². The molecule has 120 valence electrons. The summed E-state index contributed by atoms with van der Waals surface area (Å²) in [5.41, 5.74) is -8.15. The van der Waals surface area contributed by atoms with E-state index in [9.17, 15) is 31.1 Å². The average molecular weight is 343 g/mol. The third-order valence-corrected chi connectivity index (χ3v) is 3.06. The molecule has 0 atom stereocenters. The number of thioether (sulfide) groups is 1. The summed E-state index contributed by atoms with van der Waals surface area (Å²) in [6.07, 6.45) is -5.03. The number of rotatable bonds is 3. The summed E-state index contributed by atoms with van der Waals surface area (Å²) in [5, 5.41) is 8.71. The summed E-state index contributed by atoms with van der Waals surface area (Å²) in [6, 6.07) is 1.79. The molecule has 1 aromatic carbocycles. The van der Waals surface area contributed by atoms with Gasteiger partial charge in [-0.05, 0) is 30.8 Å². The van der Waals surface area contributed by atoms with Gasteiger partial charge in [0.1, 0.15) is 0 Å². The van der Waals surface area contributed by atoms with Crippen LogP contribution >= 0.6 is 11.8 Å². The maximum atomic E-state index is 12.8. The first-order valence-corrected chi connectivity index (χ1v) is 6.39. The topological polar surface area (TPSA) is 50.1 Å². The molecule has 0 bridgehead atoms. The highest BCUT2D eigenvalue weighted by atomic mass is 32.2. The van der Waals surface area contributed by atoms with Crippen molar-refractivity contribution in [2.75, 3.05) is 6.61 Å². The molecule has 1 aromatic rings. The summed E-state index contributed by atoms with van der Waals surface area (Å²) in [7, 11) is 0. The van der Waals surface area contributed by atoms with Gasteiger partial charge < -0.3 is 4.74 Å². The lowest BCUT2D eigenvalue weighted by atomic mass is 10.0. The number of carbonyl (C=O) groups is 1. The van der Waals surface area contributed by atoms with Gasteiger partial charge in [-0.15, -0.1) is 0 Å². The Morgan fingerprint density at radius 1 is 1.27 bits per heavy atom. The highest BCUT2D eigenvalue weighted by Gasteiger charge is 2.38. The van der Waals surface area contributed by atoms with Gasteiger partial charge in [0.15, 0.2) is 0 Å². The molecule has 0 aromatic heterocycles. The van der Waals surface area contributed by atoms with Crippen LogP contribution in [-0.4, -0.2) is 18.1 Å². The van der Waals surface area contributed by atoms with Crippen molar-refractivity contribution < 1.29 is 35.9 Å². The summed E-state index contributed by atoms with van der Waals surface area (Å²) in [4.78, 5) is 10.6. The molecule has 1 rings (SSSR count). The predicted octanol–water partition coefficient (Wildman–Crippen LogP) is 4.37. The highest BCUT2D eigenvalue weighted by Crippen LogP contribution is 2.42. The Morgan fingerprint density at radius 3 is 2.27 bits per heavy atom. The first-order chi connectivity index (χ1) is 9.99. The first kappa shape index (κ1) is 18.2. The average Bonchev–Trinajstić information content (AvgIpc) is 2.35. The minimum absolute atomic E-state index is 0.128. The quantitative estimate of drug-likeness (QED) is 0.465. The molecule has 10 heteroatoms. The molecule has 0 N–H and O–H groups in total. The number of halogens is 6. The van der Waals surface area contributed by atoms with Gasteiger partial charge in [0.25, 0.3) is 0 Å². The Balaban J connectivity index is 3.55. The normalized spacial score (nSPS) is 11.9. The van der Waals surface area contributed by atoms with Gasteiger partial charge in [-0.1, -0.05) is 0 Å². The molecule has 0 amide bonds. The molecule has 0 saturated heterocycles. The second-order valence-corrected chi connectivity index (χ2v) is 4.88. The van der Waals surface area contributed by atoms with Crippen LogP contribution in [0, 0.1) is 11.3 Å². The fourth-order valence-electron chi connectivity index (χ4n) is 1.48. The first-order valence-electron chi connectivity index (χ1n) is 5.57. The number of hydrogen-bond donors (Lipinski definition) is 0. The minimum Gasteiger partial charge on any atom is -0.462 e. The van der Waals surface area contributed by atoms with E-state index >= 15 is 0 Å². The maximum absolute atomic E-state index is 12.8. The molecular weight excluding hydrogens is 336 g/mol. The van der Waals surface area contributed by atoms with E-state index in [1.165, 1.54) is 13.0 Å². The largest absolute Gasteiger partial charge is 0.462 e. The summed E-state index contributed by atoms with van der Waals surface area (Å²) >= 11 is -0.879. The van der Waals surface area contributed by atoms with Gasteiger partial charge in [0, 0.05) is 4.90 Å². The number of hydrogen-bond acceptors (Lipinski definition) is 4. The van der Waals surface area contributed by atoms with Crippen LogP contribution in [-0.2, 0) is 10.9 Å². The Morgan fingerprint density at radius 2 is 1.86 bits per heavy atom. The number of benzene rings is 1. The van der Waals surface area contributed by atoms with E-state index in [2.05, 4.69) is 4.74 Å². The van der Waals surface area contributed by atoms with Crippen molar-refractivity contribution in [1.82, 2.24) is 0 Å². The fraction of sp³-hybridized carbons (Fsp3) is 0.333. The SMILES string of the molecule is CCOC(=O)c1cc(C#N)c(C(F)(F)F)cc1SC(F)(F)F. The number of nitriles is 1. The van der Waals surface area contributed by atoms with Crippen LogP contribution in [0.2, 0.25) is 0 Å². The van der Waals surface area contributed by atoms with Gasteiger partial charge in [-0.2, -0.15) is 31.6 Å². The Bertz CT molecular complexity index is 618. The van der Waals surface area contributed by atoms with Gasteiger partial charge in [0.2, 0.25) is 0 Å². The van der Waals surface area contributed by atoms with E-state index in [0.717, 1.165) is 0 Å². The van der Waals surface area contributed by atoms with Crippen LogP contribution in [0.25, 0.3) is 0 Å². The standard InChI is InChI=1S/C12H7F6NO2S/c1-2-21-10(20)7-3-6(5-19)8(11(13,14)15)4-9(7)22-12(16,17)18/h3-4H,2H2,1H3. The monoisotopic (exact) mass is 343 g/mol. The van der Waals surface area contributed by atoms with E-state index in [0.29, 0.717) is 6.07 Å². The molecule has 0 spiro atoms. The van der Waals surface area contributed by atoms with Crippen molar-refractivity contribution in [3.63, 3.8) is 0 Å². The van der Waals surface area contributed by atoms with Crippen LogP contribution in [0.5, 0.6) is 0 Å². The van der Waals surface area contributed by atoms with Crippen molar-refractivity contribution in [2.24, 2.45) is 0 Å². The molecule has 0 aliphatic heterocycles. The highest BCUT2D eigenvalue weighted by molar-refractivity contribution is 8.00. The molecule has 0 aliphatic carbocycles. The van der Waals surface area contributed by atoms with Gasteiger partial charge in [-0.25, -0.2) is 4.79 Å². The van der Waals surface area contributed by atoms with Crippen molar-refractivity contribution in [2.45, 2.75) is 23.5 Å². The Labute approximate surface area is 124 Å². The number of carbonyl (C=O) groups excluding carboxylic acids is 1. The smallest absolute Gasteiger partial charge is 0.446 e. The number of alkyl halides is 6. The fourth-order valence-corrected chi connectivity index (χ4v) is 2.16. The molecule has 0 fully saturated rings. The van der Waals surface area contributed by atoms with E-state index < -0.39 is 51.0 Å². The van der Waals surface area contributed by atoms with E-state index in [1.54, 1.807) is 0 Å². The maximum Gasteiger partial charge on any atom is 0.446 e. The molecule has 0 radical (unpaired) electrons. The zero-order chi connectivity index (χ0) is 17.1. The number of esters is 1. The number of ether oxygens (including phenoxy) is 1. The lowest BCUT2D eigenvalue weighted by Crippen LogP contribution is -2.14. The molecule has 0 unspecified atom stereocenters. The van der Waals surface area contributed by atoms with Crippen LogP contribution in [0.3, 0.4) is 0 Å². The van der Waals surface area contributed by atoms with Gasteiger partial charge >= 0.3 is 17.7 Å². The predicted molar refractivity (Wildman–Crippen MR) is 64.0 cm³/mol. The lowest BCUT2D eigenvalue weighted by Gasteiger charge is -2.15. The van der Waals surface area contributed by atoms with Crippen molar-refractivity contribution >= 4 is 17.7 Å². The zero-order valence-electron chi connectivity index (χ0n) is 10.8. The van der Waals surface area contributed by atoms with Crippen molar-refractivity contribution in [3.05, 3.63) is 28.8 Å². The third kappa shape index (κ3) is 4.56. The molecule has 22 heavy (non-hydrogen) atoms. The van der Waals surface area contributed by atoms with Crippen LogP contribution < -0.4 is 0 Å². The van der Waals surface area contributed by atoms with Crippen LogP contribution in [0.4, 0.5) is 26.3 Å². The Hall–Kier alpha value is -1.89. The van der Waals surface area contributed by atoms with Crippen LogP contribution in [0.15, 0.2) is 17.0 Å². The number of nitrogens with zero attached hydrogens (tertiary/aromatic N) is 1. The molecule has 0 aliphatic rings. The molecule has 3 nitrogen and oxygen atoms in total. The van der Waals surface area contributed by atoms with E-state index in [-0.39, 0.29) is 12.7 Å². The molecular formula is C12H7F6NO2S. The summed E-state index contributed by atoms with van der Waals surface area (Å²) < 4.78 is 80.1. The molecule has 0 heterocycles. The van der Waals surface area contributed by atoms with Gasteiger partial charge in [0.05, 0.1) is 29.4 Å². The summed E-state index contributed by atoms with van der Waals surface area (Å²) in [5.74, 6) is -1.24. The Kier molecular flexibility index (Phi) is 5.35. The third-order valence-electron chi connectivity index (χ3n) is 2.27. The second-order valence-electron chi connectivity index (χ2n) is 3.77. The van der Waals surface area contributed by atoms with Crippen molar-refractivity contribution in [3.8, 4) is 6.07 Å². The van der Waals surface area contributed by atoms with Crippen molar-refractivity contribution in [1.29, 1.82) is 5.26 Å². The summed E-state index contributed by atoms with van der Waals surface area (Å²) in [6.45, 7) is 1.20. The molecule has 0 saturated carbocycles. The van der Waals surface area contributed by atoms with Gasteiger partial charge in [-0.3, -0.25) is 0 Å². The minimum atomic E-state index is -5.03.